The highest BCUT2D eigenvalue weighted by Gasteiger charge is 2.38. The number of allylic oxidation sites excluding steroid dienone is 1. The Kier molecular flexibility index (Phi) is 3.10. The number of halogens is 3. The van der Waals surface area contributed by atoms with Crippen molar-refractivity contribution in [3.05, 3.63) is 11.6 Å². The summed E-state index contributed by atoms with van der Waals surface area (Å²) in [6, 6.07) is 0. The maximum absolute atomic E-state index is 11.7. The zero-order chi connectivity index (χ0) is 9.07. The predicted octanol–water partition coefficient (Wildman–Crippen LogP) is 1.97. The van der Waals surface area contributed by atoms with E-state index in [-0.39, 0.29) is 6.42 Å². The first-order valence-corrected chi connectivity index (χ1v) is 2.90. The van der Waals surface area contributed by atoms with Gasteiger partial charge in [0, 0.05) is 0 Å². The minimum absolute atomic E-state index is 0.0567. The van der Waals surface area contributed by atoms with Crippen LogP contribution in [0.15, 0.2) is 11.6 Å². The predicted molar refractivity (Wildman–Crippen MR) is 32.1 cm³/mol. The van der Waals surface area contributed by atoms with Gasteiger partial charge in [-0.25, -0.2) is 4.79 Å². The lowest BCUT2D eigenvalue weighted by atomic mass is 10.2. The maximum atomic E-state index is 11.7. The summed E-state index contributed by atoms with van der Waals surface area (Å²) in [5, 5.41) is 8.05. The van der Waals surface area contributed by atoms with Gasteiger partial charge in [0.05, 0.1) is 0 Å². The van der Waals surface area contributed by atoms with Crippen LogP contribution in [0.5, 0.6) is 0 Å². The Morgan fingerprint density at radius 3 is 2.09 bits per heavy atom. The molecule has 2 nitrogen and oxygen atoms in total. The average molecular weight is 168 g/mol. The summed E-state index contributed by atoms with van der Waals surface area (Å²) in [5.41, 5.74) is -1.50. The van der Waals surface area contributed by atoms with E-state index in [0.29, 0.717) is 6.08 Å². The highest BCUT2D eigenvalue weighted by Crippen LogP contribution is 2.25. The first-order chi connectivity index (χ1) is 4.89. The Morgan fingerprint density at radius 1 is 1.55 bits per heavy atom. The van der Waals surface area contributed by atoms with Gasteiger partial charge >= 0.3 is 12.1 Å². The molecule has 64 valence electrons. The van der Waals surface area contributed by atoms with Crippen LogP contribution >= 0.6 is 0 Å². The van der Waals surface area contributed by atoms with E-state index in [9.17, 15) is 18.0 Å². The van der Waals surface area contributed by atoms with Gasteiger partial charge in [0.15, 0.2) is 0 Å². The fraction of sp³-hybridized carbons (Fsp3) is 0.500. The number of hydrogen-bond acceptors (Lipinski definition) is 1. The van der Waals surface area contributed by atoms with E-state index in [1.54, 1.807) is 0 Å². The van der Waals surface area contributed by atoms with Crippen molar-refractivity contribution in [3.63, 3.8) is 0 Å². The molecule has 1 N–H and O–H groups in total. The van der Waals surface area contributed by atoms with E-state index in [1.165, 1.54) is 6.92 Å². The molecule has 0 aliphatic carbocycles. The van der Waals surface area contributed by atoms with Crippen LogP contribution in [-0.4, -0.2) is 17.3 Å². The monoisotopic (exact) mass is 168 g/mol. The lowest BCUT2D eigenvalue weighted by Crippen LogP contribution is -2.19. The second-order valence-electron chi connectivity index (χ2n) is 1.83. The standard InChI is InChI=1S/C6H7F3O2/c1-2-3-4(5(10)11)6(7,8)9/h3H,2H2,1H3,(H,10,11)/b4-3+. The Hall–Kier alpha value is -1.00. The molecule has 0 unspecified atom stereocenters. The Morgan fingerprint density at radius 2 is 2.00 bits per heavy atom. The molecule has 0 fully saturated rings. The molecule has 5 heteroatoms. The fourth-order valence-corrected chi connectivity index (χ4v) is 0.528. The zero-order valence-corrected chi connectivity index (χ0v) is 5.77. The van der Waals surface area contributed by atoms with Gasteiger partial charge in [0.1, 0.15) is 5.57 Å². The van der Waals surface area contributed by atoms with Crippen LogP contribution in [0.1, 0.15) is 13.3 Å². The van der Waals surface area contributed by atoms with Crippen molar-refractivity contribution in [3.8, 4) is 0 Å². The van der Waals surface area contributed by atoms with Gasteiger partial charge in [-0.1, -0.05) is 13.0 Å². The minimum Gasteiger partial charge on any atom is -0.478 e. The summed E-state index contributed by atoms with van der Waals surface area (Å²) in [7, 11) is 0. The summed E-state index contributed by atoms with van der Waals surface area (Å²) < 4.78 is 35.1. The van der Waals surface area contributed by atoms with Crippen LogP contribution in [0, 0.1) is 0 Å². The molecule has 0 saturated heterocycles. The van der Waals surface area contributed by atoms with Gasteiger partial charge in [-0.2, -0.15) is 13.2 Å². The smallest absolute Gasteiger partial charge is 0.423 e. The van der Waals surface area contributed by atoms with E-state index in [4.69, 9.17) is 5.11 Å². The largest absolute Gasteiger partial charge is 0.478 e. The number of rotatable bonds is 2. The number of carbonyl (C=O) groups is 1. The molecule has 11 heavy (non-hydrogen) atoms. The molecule has 0 aliphatic heterocycles. The van der Waals surface area contributed by atoms with Crippen molar-refractivity contribution < 1.29 is 23.1 Å². The summed E-state index contributed by atoms with van der Waals surface area (Å²) in [6.07, 6.45) is -4.05. The molecular weight excluding hydrogens is 161 g/mol. The van der Waals surface area contributed by atoms with E-state index in [0.717, 1.165) is 0 Å². The third kappa shape index (κ3) is 3.06. The van der Waals surface area contributed by atoms with Crippen molar-refractivity contribution in [2.45, 2.75) is 19.5 Å². The first kappa shape index (κ1) is 10.0. The number of hydrogen-bond donors (Lipinski definition) is 1. The molecule has 0 aliphatic rings. The summed E-state index contributed by atoms with van der Waals surface area (Å²) in [5.74, 6) is -1.93. The lowest BCUT2D eigenvalue weighted by molar-refractivity contribution is -0.144. The first-order valence-electron chi connectivity index (χ1n) is 2.90. The molecule has 0 aromatic rings. The quantitative estimate of drug-likeness (QED) is 0.640. The number of carboxylic acid groups (broad SMARTS) is 1. The van der Waals surface area contributed by atoms with Crippen LogP contribution < -0.4 is 0 Å². The van der Waals surface area contributed by atoms with Gasteiger partial charge < -0.3 is 5.11 Å². The molecule has 0 saturated carbocycles. The minimum atomic E-state index is -4.75. The van der Waals surface area contributed by atoms with E-state index >= 15 is 0 Å². The molecule has 0 spiro atoms. The number of carboxylic acids is 1. The van der Waals surface area contributed by atoms with Gasteiger partial charge in [0.25, 0.3) is 0 Å². The van der Waals surface area contributed by atoms with Crippen molar-refractivity contribution in [1.29, 1.82) is 0 Å². The molecule has 0 rings (SSSR count). The summed E-state index contributed by atoms with van der Waals surface area (Å²) in [6.45, 7) is 1.44. The molecule has 0 atom stereocenters. The number of alkyl halides is 3. The lowest BCUT2D eigenvalue weighted by Gasteiger charge is -2.05. The van der Waals surface area contributed by atoms with E-state index in [1.807, 2.05) is 0 Å². The molecule has 0 aromatic carbocycles. The van der Waals surface area contributed by atoms with Crippen molar-refractivity contribution in [1.82, 2.24) is 0 Å². The Labute approximate surface area is 61.3 Å². The molecular formula is C6H7F3O2. The second kappa shape index (κ2) is 3.41. The summed E-state index contributed by atoms with van der Waals surface area (Å²) in [4.78, 5) is 9.95. The molecule has 0 amide bonds. The fourth-order valence-electron chi connectivity index (χ4n) is 0.528. The zero-order valence-electron chi connectivity index (χ0n) is 5.77. The van der Waals surface area contributed by atoms with Crippen molar-refractivity contribution in [2.75, 3.05) is 0 Å². The third-order valence-electron chi connectivity index (χ3n) is 0.944. The third-order valence-corrected chi connectivity index (χ3v) is 0.944. The Balaban J connectivity index is 4.63. The van der Waals surface area contributed by atoms with E-state index in [2.05, 4.69) is 0 Å². The molecule has 0 radical (unpaired) electrons. The SMILES string of the molecule is CC/C=C(\C(=O)O)C(F)(F)F. The van der Waals surface area contributed by atoms with Crippen LogP contribution in [0.4, 0.5) is 13.2 Å². The van der Waals surface area contributed by atoms with Crippen LogP contribution in [-0.2, 0) is 4.79 Å². The number of aliphatic carboxylic acids is 1. The Bertz CT molecular complexity index is 181. The highest BCUT2D eigenvalue weighted by atomic mass is 19.4. The average Bonchev–Trinajstić information content (AvgIpc) is 1.79. The maximum Gasteiger partial charge on any atom is 0.423 e. The van der Waals surface area contributed by atoms with Crippen molar-refractivity contribution >= 4 is 5.97 Å². The van der Waals surface area contributed by atoms with Crippen molar-refractivity contribution in [2.24, 2.45) is 0 Å². The van der Waals surface area contributed by atoms with Gasteiger partial charge in [-0.3, -0.25) is 0 Å². The topological polar surface area (TPSA) is 37.3 Å². The van der Waals surface area contributed by atoms with Crippen LogP contribution in [0.3, 0.4) is 0 Å². The normalized spacial score (nSPS) is 13.3. The van der Waals surface area contributed by atoms with E-state index < -0.39 is 17.7 Å². The summed E-state index contributed by atoms with van der Waals surface area (Å²) >= 11 is 0. The van der Waals surface area contributed by atoms with Gasteiger partial charge in [-0.05, 0) is 6.42 Å². The molecule has 0 heterocycles. The molecule has 0 bridgehead atoms. The van der Waals surface area contributed by atoms with Crippen LogP contribution in [0.2, 0.25) is 0 Å². The molecule has 0 aromatic heterocycles. The van der Waals surface area contributed by atoms with Gasteiger partial charge in [-0.15, -0.1) is 0 Å². The van der Waals surface area contributed by atoms with Gasteiger partial charge in [0.2, 0.25) is 0 Å². The highest BCUT2D eigenvalue weighted by molar-refractivity contribution is 5.87. The van der Waals surface area contributed by atoms with Crippen LogP contribution in [0.25, 0.3) is 0 Å². The second-order valence-corrected chi connectivity index (χ2v) is 1.83.